The molecule has 2 atom stereocenters. The number of rotatable bonds is 1. The van der Waals surface area contributed by atoms with Crippen molar-refractivity contribution in [3.05, 3.63) is 35.6 Å². The molecule has 1 radical (unpaired) electrons. The van der Waals surface area contributed by atoms with Crippen molar-refractivity contribution in [2.45, 2.75) is 31.4 Å². The highest BCUT2D eigenvalue weighted by atomic mass is 19.4. The van der Waals surface area contributed by atoms with Gasteiger partial charge in [-0.2, -0.15) is 13.2 Å². The quantitative estimate of drug-likeness (QED) is 0.784. The van der Waals surface area contributed by atoms with Crippen LogP contribution in [0.1, 0.15) is 30.3 Å². The third-order valence-electron chi connectivity index (χ3n) is 3.16. The topological polar surface area (TPSA) is 42.3 Å². The average Bonchev–Trinajstić information content (AvgIpc) is 2.92. The Labute approximate surface area is 106 Å². The Morgan fingerprint density at radius 1 is 1.16 bits per heavy atom. The zero-order chi connectivity index (χ0) is 13.6. The van der Waals surface area contributed by atoms with Crippen molar-refractivity contribution in [1.82, 2.24) is 0 Å². The summed E-state index contributed by atoms with van der Waals surface area (Å²) in [5, 5.41) is 11.5. The Balaban J connectivity index is 1.97. The van der Waals surface area contributed by atoms with Gasteiger partial charge in [-0.15, -0.1) is 0 Å². The molecule has 0 saturated carbocycles. The highest BCUT2D eigenvalue weighted by Gasteiger charge is 2.32. The predicted octanol–water partition coefficient (Wildman–Crippen LogP) is 4.06. The van der Waals surface area contributed by atoms with Gasteiger partial charge in [0.05, 0.1) is 5.56 Å². The van der Waals surface area contributed by atoms with Crippen LogP contribution in [-0.2, 0) is 16.0 Å². The van der Waals surface area contributed by atoms with Gasteiger partial charge < -0.3 is 9.15 Å². The lowest BCUT2D eigenvalue weighted by Crippen LogP contribution is -2.03. The van der Waals surface area contributed by atoms with E-state index in [9.17, 15) is 18.3 Å². The summed E-state index contributed by atoms with van der Waals surface area (Å²) in [5.41, 5.74) is -0.359. The molecule has 101 valence electrons. The fourth-order valence-electron chi connectivity index (χ4n) is 2.21. The minimum Gasteiger partial charge on any atom is -0.458 e. The lowest BCUT2D eigenvalue weighted by molar-refractivity contribution is -0.137. The molecule has 1 aromatic heterocycles. The Kier molecular flexibility index (Phi) is 2.79. The van der Waals surface area contributed by atoms with E-state index < -0.39 is 24.1 Å². The van der Waals surface area contributed by atoms with Crippen LogP contribution in [-0.4, -0.2) is 6.29 Å². The monoisotopic (exact) mass is 271 g/mol. The summed E-state index contributed by atoms with van der Waals surface area (Å²) in [5.74, 6) is 0.410. The summed E-state index contributed by atoms with van der Waals surface area (Å²) >= 11 is 0. The van der Waals surface area contributed by atoms with E-state index in [1.807, 2.05) is 0 Å². The summed E-state index contributed by atoms with van der Waals surface area (Å²) in [4.78, 5) is 0. The van der Waals surface area contributed by atoms with E-state index in [0.29, 0.717) is 29.6 Å². The summed E-state index contributed by atoms with van der Waals surface area (Å²) in [7, 11) is 0. The first kappa shape index (κ1) is 12.5. The van der Waals surface area contributed by atoms with Gasteiger partial charge in [-0.25, -0.2) is 5.11 Å². The van der Waals surface area contributed by atoms with E-state index in [4.69, 9.17) is 9.15 Å². The van der Waals surface area contributed by atoms with Crippen LogP contribution in [0.3, 0.4) is 0 Å². The molecule has 0 N–H and O–H groups in total. The highest BCUT2D eigenvalue weighted by Crippen LogP contribution is 2.37. The van der Waals surface area contributed by atoms with E-state index in [-0.39, 0.29) is 0 Å². The molecule has 0 aliphatic carbocycles. The lowest BCUT2D eigenvalue weighted by Gasteiger charge is -2.05. The molecule has 19 heavy (non-hydrogen) atoms. The van der Waals surface area contributed by atoms with Gasteiger partial charge in [0.1, 0.15) is 17.4 Å². The number of hydrogen-bond acceptors (Lipinski definition) is 2. The minimum atomic E-state index is -4.38. The lowest BCUT2D eigenvalue weighted by atomic mass is 10.1. The normalized spacial score (nSPS) is 24.2. The van der Waals surface area contributed by atoms with Crippen molar-refractivity contribution in [3.63, 3.8) is 0 Å². The van der Waals surface area contributed by atoms with Crippen molar-refractivity contribution < 1.29 is 27.4 Å². The summed E-state index contributed by atoms with van der Waals surface area (Å²) in [6.07, 6.45) is -5.00. The second-order valence-corrected chi connectivity index (χ2v) is 4.53. The van der Waals surface area contributed by atoms with Gasteiger partial charge in [-0.05, 0) is 30.7 Å². The molecule has 3 nitrogen and oxygen atoms in total. The first-order valence-corrected chi connectivity index (χ1v) is 5.85. The number of benzene rings is 1. The van der Waals surface area contributed by atoms with Crippen molar-refractivity contribution in [1.29, 1.82) is 0 Å². The van der Waals surface area contributed by atoms with Crippen molar-refractivity contribution in [2.75, 3.05) is 0 Å². The van der Waals surface area contributed by atoms with Crippen LogP contribution in [0.2, 0.25) is 0 Å². The number of halogens is 3. The molecule has 6 heteroatoms. The maximum atomic E-state index is 12.6. The van der Waals surface area contributed by atoms with E-state index in [1.165, 1.54) is 12.1 Å². The Morgan fingerprint density at radius 2 is 1.95 bits per heavy atom. The maximum Gasteiger partial charge on any atom is 0.416 e. The summed E-state index contributed by atoms with van der Waals surface area (Å²) in [6, 6.07) is 4.80. The average molecular weight is 271 g/mol. The van der Waals surface area contributed by atoms with Crippen molar-refractivity contribution in [3.8, 4) is 0 Å². The Bertz CT molecular complexity index is 603. The third kappa shape index (κ3) is 2.33. The number of alkyl halides is 3. The fraction of sp³-hybridized carbons (Fsp3) is 0.385. The summed E-state index contributed by atoms with van der Waals surface area (Å²) < 4.78 is 48.3. The second-order valence-electron chi connectivity index (χ2n) is 4.53. The molecular formula is C13H10F3O3. The zero-order valence-corrected chi connectivity index (χ0v) is 9.74. The van der Waals surface area contributed by atoms with Crippen LogP contribution in [0.15, 0.2) is 28.7 Å². The van der Waals surface area contributed by atoms with Gasteiger partial charge in [-0.3, -0.25) is 0 Å². The van der Waals surface area contributed by atoms with E-state index in [0.717, 1.165) is 12.1 Å². The number of hydrogen-bond donors (Lipinski definition) is 0. The van der Waals surface area contributed by atoms with Gasteiger partial charge in [-0.1, -0.05) is 0 Å². The third-order valence-corrected chi connectivity index (χ3v) is 3.16. The maximum absolute atomic E-state index is 12.6. The molecule has 2 aromatic rings. The molecule has 1 aromatic carbocycles. The molecule has 1 saturated heterocycles. The standard InChI is InChI=1S/C13H10F3O3/c14-13(15,16)8-1-2-9-7(5-8)6-11(18-9)10-3-4-12(17)19-10/h1-2,5-6,10,12H,3-4H2/t10-,12?/m0/s1. The van der Waals surface area contributed by atoms with Crippen LogP contribution in [0.25, 0.3) is 11.0 Å². The van der Waals surface area contributed by atoms with Gasteiger partial charge in [0.25, 0.3) is 0 Å². The van der Waals surface area contributed by atoms with Crippen LogP contribution in [0.4, 0.5) is 13.2 Å². The summed E-state index contributed by atoms with van der Waals surface area (Å²) in [6.45, 7) is 0. The molecular weight excluding hydrogens is 261 g/mol. The number of fused-ring (bicyclic) bond motifs is 1. The van der Waals surface area contributed by atoms with E-state index in [1.54, 1.807) is 0 Å². The smallest absolute Gasteiger partial charge is 0.416 e. The molecule has 0 bridgehead atoms. The zero-order valence-electron chi connectivity index (χ0n) is 9.74. The van der Waals surface area contributed by atoms with Gasteiger partial charge in [0.15, 0.2) is 6.29 Å². The van der Waals surface area contributed by atoms with E-state index in [2.05, 4.69) is 0 Å². The van der Waals surface area contributed by atoms with Crippen molar-refractivity contribution in [2.24, 2.45) is 0 Å². The van der Waals surface area contributed by atoms with Crippen LogP contribution < -0.4 is 0 Å². The van der Waals surface area contributed by atoms with Crippen LogP contribution in [0.5, 0.6) is 0 Å². The second kappa shape index (κ2) is 4.25. The van der Waals surface area contributed by atoms with Gasteiger partial charge in [0.2, 0.25) is 0 Å². The molecule has 3 rings (SSSR count). The first-order valence-electron chi connectivity index (χ1n) is 5.85. The van der Waals surface area contributed by atoms with Gasteiger partial charge in [0, 0.05) is 11.8 Å². The molecule has 1 aliphatic heterocycles. The SMILES string of the molecule is [O]C1CC[C@@H](c2cc3cc(C(F)(F)F)ccc3o2)O1. The molecule has 2 heterocycles. The molecule has 0 amide bonds. The Morgan fingerprint density at radius 3 is 2.58 bits per heavy atom. The Hall–Kier alpha value is -1.53. The number of furan rings is 1. The number of ether oxygens (including phenoxy) is 1. The highest BCUT2D eigenvalue weighted by molar-refractivity contribution is 5.79. The minimum absolute atomic E-state index is 0.362. The molecule has 1 fully saturated rings. The first-order chi connectivity index (χ1) is 8.93. The molecule has 1 aliphatic rings. The molecule has 1 unspecified atom stereocenters. The van der Waals surface area contributed by atoms with Crippen LogP contribution >= 0.6 is 0 Å². The van der Waals surface area contributed by atoms with Gasteiger partial charge >= 0.3 is 6.18 Å². The van der Waals surface area contributed by atoms with E-state index >= 15 is 0 Å². The van der Waals surface area contributed by atoms with Crippen molar-refractivity contribution >= 4 is 11.0 Å². The predicted molar refractivity (Wildman–Crippen MR) is 58.8 cm³/mol. The van der Waals surface area contributed by atoms with Crippen LogP contribution in [0, 0.1) is 0 Å². The largest absolute Gasteiger partial charge is 0.458 e. The fourth-order valence-corrected chi connectivity index (χ4v) is 2.21. The molecule has 0 spiro atoms.